The van der Waals surface area contributed by atoms with Crippen molar-refractivity contribution in [1.82, 2.24) is 10.2 Å². The van der Waals surface area contributed by atoms with E-state index in [4.69, 9.17) is 4.74 Å². The summed E-state index contributed by atoms with van der Waals surface area (Å²) in [5.41, 5.74) is -0.217. The van der Waals surface area contributed by atoms with Gasteiger partial charge in [0.1, 0.15) is 0 Å². The van der Waals surface area contributed by atoms with Crippen LogP contribution in [-0.2, 0) is 14.3 Å². The monoisotopic (exact) mass is 282 g/mol. The van der Waals surface area contributed by atoms with Gasteiger partial charge in [0, 0.05) is 38.2 Å². The van der Waals surface area contributed by atoms with E-state index < -0.39 is 0 Å². The molecule has 0 bridgehead atoms. The van der Waals surface area contributed by atoms with Crippen LogP contribution >= 0.6 is 0 Å². The van der Waals surface area contributed by atoms with Crippen molar-refractivity contribution >= 4 is 11.8 Å². The number of carbonyl (C=O) groups excluding carboxylic acids is 2. The topological polar surface area (TPSA) is 58.6 Å². The highest BCUT2D eigenvalue weighted by atomic mass is 16.5. The molecule has 0 aromatic carbocycles. The molecule has 1 rings (SSSR count). The van der Waals surface area contributed by atoms with Crippen LogP contribution in [0.15, 0.2) is 12.2 Å². The first-order chi connectivity index (χ1) is 9.35. The quantitative estimate of drug-likeness (QED) is 0.733. The third kappa shape index (κ3) is 5.33. The number of ether oxygens (including phenoxy) is 1. The summed E-state index contributed by atoms with van der Waals surface area (Å²) < 4.78 is 5.57. The van der Waals surface area contributed by atoms with E-state index >= 15 is 0 Å². The van der Waals surface area contributed by atoms with E-state index in [9.17, 15) is 9.59 Å². The van der Waals surface area contributed by atoms with E-state index in [0.29, 0.717) is 26.1 Å². The van der Waals surface area contributed by atoms with E-state index in [1.54, 1.807) is 11.0 Å². The van der Waals surface area contributed by atoms with E-state index in [2.05, 4.69) is 5.32 Å². The molecule has 1 aliphatic rings. The van der Waals surface area contributed by atoms with E-state index in [0.717, 1.165) is 6.42 Å². The third-order valence-corrected chi connectivity index (χ3v) is 3.46. The maximum absolute atomic E-state index is 11.7. The van der Waals surface area contributed by atoms with Crippen LogP contribution in [0.5, 0.6) is 0 Å². The predicted octanol–water partition coefficient (Wildman–Crippen LogP) is 1.48. The molecule has 0 saturated carbocycles. The smallest absolute Gasteiger partial charge is 0.246 e. The Balaban J connectivity index is 2.20. The van der Waals surface area contributed by atoms with Crippen LogP contribution in [0.2, 0.25) is 0 Å². The van der Waals surface area contributed by atoms with Gasteiger partial charge in [-0.1, -0.05) is 6.08 Å². The molecule has 0 spiro atoms. The number of hydrogen-bond acceptors (Lipinski definition) is 3. The minimum absolute atomic E-state index is 0.0113. The number of hydrogen-bond donors (Lipinski definition) is 1. The summed E-state index contributed by atoms with van der Waals surface area (Å²) in [6.45, 7) is 9.66. The Bertz CT molecular complexity index is 377. The first kappa shape index (κ1) is 16.7. The van der Waals surface area contributed by atoms with E-state index in [1.165, 1.54) is 0 Å². The van der Waals surface area contributed by atoms with E-state index in [-0.39, 0.29) is 23.5 Å². The first-order valence-corrected chi connectivity index (χ1v) is 7.25. The highest BCUT2D eigenvalue weighted by Gasteiger charge is 2.22. The predicted molar refractivity (Wildman–Crippen MR) is 78.3 cm³/mol. The third-order valence-electron chi connectivity index (χ3n) is 3.46. The highest BCUT2D eigenvalue weighted by molar-refractivity contribution is 5.91. The Labute approximate surface area is 121 Å². The average Bonchev–Trinajstić information content (AvgIpc) is 2.66. The number of nitrogens with one attached hydrogen (secondary N) is 1. The Morgan fingerprint density at radius 1 is 1.50 bits per heavy atom. The molecule has 114 valence electrons. The Kier molecular flexibility index (Phi) is 6.20. The van der Waals surface area contributed by atoms with Crippen molar-refractivity contribution in [3.05, 3.63) is 12.2 Å². The molecule has 5 heteroatoms. The van der Waals surface area contributed by atoms with Crippen LogP contribution in [-0.4, -0.2) is 48.1 Å². The molecule has 1 heterocycles. The fourth-order valence-corrected chi connectivity index (χ4v) is 2.21. The van der Waals surface area contributed by atoms with Crippen molar-refractivity contribution < 1.29 is 14.3 Å². The summed E-state index contributed by atoms with van der Waals surface area (Å²) in [4.78, 5) is 25.0. The molecular formula is C15H26N2O3. The Hall–Kier alpha value is -1.36. The summed E-state index contributed by atoms with van der Waals surface area (Å²) in [5, 5.41) is 2.87. The lowest BCUT2D eigenvalue weighted by molar-refractivity contribution is -0.127. The standard InChI is InChI=1S/C15H26N2O3/c1-5-20-15(3,4)9-10-16-13(18)8-11-17-12(2)6-7-14(17)19/h6-7,12H,5,8-11H2,1-4H3,(H,16,18). The van der Waals surface area contributed by atoms with Crippen LogP contribution < -0.4 is 5.32 Å². The normalized spacial score (nSPS) is 18.7. The van der Waals surface area contributed by atoms with E-state index in [1.807, 2.05) is 33.8 Å². The molecule has 1 aliphatic heterocycles. The number of rotatable bonds is 8. The lowest BCUT2D eigenvalue weighted by Gasteiger charge is -2.25. The van der Waals surface area contributed by atoms with Crippen LogP contribution in [0.4, 0.5) is 0 Å². The fraction of sp³-hybridized carbons (Fsp3) is 0.733. The van der Waals surface area contributed by atoms with Gasteiger partial charge in [-0.25, -0.2) is 0 Å². The Morgan fingerprint density at radius 2 is 2.20 bits per heavy atom. The highest BCUT2D eigenvalue weighted by Crippen LogP contribution is 2.13. The molecule has 5 nitrogen and oxygen atoms in total. The fourth-order valence-electron chi connectivity index (χ4n) is 2.21. The molecule has 2 amide bonds. The van der Waals surface area contributed by atoms with Crippen molar-refractivity contribution in [3.63, 3.8) is 0 Å². The lowest BCUT2D eigenvalue weighted by Crippen LogP contribution is -2.37. The van der Waals surface area contributed by atoms with Crippen LogP contribution in [0.3, 0.4) is 0 Å². The summed E-state index contributed by atoms with van der Waals surface area (Å²) in [6, 6.07) is 0.0900. The first-order valence-electron chi connectivity index (χ1n) is 7.25. The zero-order valence-electron chi connectivity index (χ0n) is 12.9. The summed E-state index contributed by atoms with van der Waals surface area (Å²) >= 11 is 0. The number of carbonyl (C=O) groups is 2. The van der Waals surface area contributed by atoms with Crippen molar-refractivity contribution in [2.45, 2.75) is 52.2 Å². The van der Waals surface area contributed by atoms with Gasteiger partial charge < -0.3 is 15.0 Å². The molecule has 0 aromatic rings. The minimum Gasteiger partial charge on any atom is -0.376 e. The second kappa shape index (κ2) is 7.43. The molecule has 0 fully saturated rings. The maximum Gasteiger partial charge on any atom is 0.246 e. The van der Waals surface area contributed by atoms with Crippen molar-refractivity contribution in [2.75, 3.05) is 19.7 Å². The SMILES string of the molecule is CCOC(C)(C)CCNC(=O)CCN1C(=O)C=CC1C. The zero-order valence-corrected chi connectivity index (χ0v) is 12.9. The second-order valence-corrected chi connectivity index (χ2v) is 5.67. The molecular weight excluding hydrogens is 256 g/mol. The van der Waals surface area contributed by atoms with Gasteiger partial charge >= 0.3 is 0 Å². The maximum atomic E-state index is 11.7. The van der Waals surface area contributed by atoms with Gasteiger partial charge in [0.05, 0.1) is 5.60 Å². The van der Waals surface area contributed by atoms with Gasteiger partial charge in [0.15, 0.2) is 0 Å². The van der Waals surface area contributed by atoms with Gasteiger partial charge in [0.25, 0.3) is 0 Å². The summed E-state index contributed by atoms with van der Waals surface area (Å²) in [6.07, 6.45) is 4.53. The van der Waals surface area contributed by atoms with Crippen molar-refractivity contribution in [3.8, 4) is 0 Å². The number of nitrogens with zero attached hydrogens (tertiary/aromatic N) is 1. The molecule has 0 radical (unpaired) electrons. The second-order valence-electron chi connectivity index (χ2n) is 5.67. The minimum atomic E-state index is -0.217. The molecule has 20 heavy (non-hydrogen) atoms. The summed E-state index contributed by atoms with van der Waals surface area (Å²) in [5.74, 6) is -0.0352. The van der Waals surface area contributed by atoms with Gasteiger partial charge in [-0.15, -0.1) is 0 Å². The zero-order chi connectivity index (χ0) is 15.2. The van der Waals surface area contributed by atoms with Crippen LogP contribution in [0.1, 0.15) is 40.5 Å². The van der Waals surface area contributed by atoms with Crippen molar-refractivity contribution in [2.24, 2.45) is 0 Å². The number of amides is 2. The van der Waals surface area contributed by atoms with Gasteiger partial charge in [-0.3, -0.25) is 9.59 Å². The van der Waals surface area contributed by atoms with Gasteiger partial charge in [-0.05, 0) is 34.1 Å². The molecule has 1 N–H and O–H groups in total. The van der Waals surface area contributed by atoms with Crippen LogP contribution in [0.25, 0.3) is 0 Å². The average molecular weight is 282 g/mol. The molecule has 1 unspecified atom stereocenters. The Morgan fingerprint density at radius 3 is 2.75 bits per heavy atom. The molecule has 0 aliphatic carbocycles. The molecule has 1 atom stereocenters. The molecule has 0 saturated heterocycles. The van der Waals surface area contributed by atoms with Crippen LogP contribution in [0, 0.1) is 0 Å². The lowest BCUT2D eigenvalue weighted by atomic mass is 10.1. The summed E-state index contributed by atoms with van der Waals surface area (Å²) in [7, 11) is 0. The molecule has 0 aromatic heterocycles. The van der Waals surface area contributed by atoms with Crippen molar-refractivity contribution in [1.29, 1.82) is 0 Å². The van der Waals surface area contributed by atoms with Gasteiger partial charge in [-0.2, -0.15) is 0 Å². The van der Waals surface area contributed by atoms with Gasteiger partial charge in [0.2, 0.25) is 11.8 Å². The largest absolute Gasteiger partial charge is 0.376 e.